The van der Waals surface area contributed by atoms with Gasteiger partial charge in [-0.25, -0.2) is 4.98 Å². The van der Waals surface area contributed by atoms with Gasteiger partial charge in [0.15, 0.2) is 11.7 Å². The summed E-state index contributed by atoms with van der Waals surface area (Å²) in [5.74, 6) is 0.881. The Labute approximate surface area is 153 Å². The van der Waals surface area contributed by atoms with Crippen molar-refractivity contribution in [2.24, 2.45) is 0 Å². The first-order chi connectivity index (χ1) is 12.0. The van der Waals surface area contributed by atoms with E-state index < -0.39 is 0 Å². The molecule has 2 aromatic carbocycles. The molecule has 0 aliphatic carbocycles. The van der Waals surface area contributed by atoms with Gasteiger partial charge < -0.3 is 20.5 Å². The lowest BCUT2D eigenvalue weighted by molar-refractivity contribution is -0.118. The van der Waals surface area contributed by atoms with Gasteiger partial charge in [-0.15, -0.1) is 0 Å². The van der Waals surface area contributed by atoms with E-state index in [0.717, 1.165) is 10.3 Å². The van der Waals surface area contributed by atoms with Crippen molar-refractivity contribution in [2.45, 2.75) is 6.92 Å². The Morgan fingerprint density at radius 3 is 2.84 bits per heavy atom. The molecule has 3 aromatic rings. The zero-order valence-corrected chi connectivity index (χ0v) is 15.2. The van der Waals surface area contributed by atoms with E-state index in [2.05, 4.69) is 10.3 Å². The number of carbonyl (C=O) groups excluding carboxylic acids is 1. The fourth-order valence-electron chi connectivity index (χ4n) is 2.36. The molecule has 0 saturated heterocycles. The average molecular weight is 378 g/mol. The van der Waals surface area contributed by atoms with Crippen molar-refractivity contribution in [3.8, 4) is 11.5 Å². The third-order valence-corrected chi connectivity index (χ3v) is 4.54. The first-order valence-electron chi connectivity index (χ1n) is 7.39. The maximum absolute atomic E-state index is 12.2. The van der Waals surface area contributed by atoms with Crippen molar-refractivity contribution in [3.63, 3.8) is 0 Å². The predicted molar refractivity (Wildman–Crippen MR) is 101 cm³/mol. The fraction of sp³-hybridized carbons (Fsp3) is 0.176. The molecule has 130 valence electrons. The van der Waals surface area contributed by atoms with Crippen molar-refractivity contribution >= 4 is 49.9 Å². The van der Waals surface area contributed by atoms with Gasteiger partial charge in [-0.2, -0.15) is 0 Å². The summed E-state index contributed by atoms with van der Waals surface area (Å²) in [7, 11) is 1.54. The first-order valence-corrected chi connectivity index (χ1v) is 8.58. The third kappa shape index (κ3) is 3.94. The number of nitrogens with one attached hydrogen (secondary N) is 1. The number of nitrogen functional groups attached to an aromatic ring is 1. The molecule has 0 aliphatic rings. The summed E-state index contributed by atoms with van der Waals surface area (Å²) in [6.45, 7) is 1.75. The number of carbonyl (C=O) groups is 1. The van der Waals surface area contributed by atoms with Gasteiger partial charge in [-0.05, 0) is 36.8 Å². The molecule has 1 heterocycles. The van der Waals surface area contributed by atoms with E-state index in [9.17, 15) is 4.79 Å². The average Bonchev–Trinajstić information content (AvgIpc) is 2.93. The highest BCUT2D eigenvalue weighted by Gasteiger charge is 2.12. The number of hydrogen-bond acceptors (Lipinski definition) is 6. The van der Waals surface area contributed by atoms with E-state index in [0.29, 0.717) is 32.9 Å². The number of thiazole rings is 1. The number of aryl methyl sites for hydroxylation is 1. The minimum Gasteiger partial charge on any atom is -0.494 e. The maximum Gasteiger partial charge on any atom is 0.262 e. The third-order valence-electron chi connectivity index (χ3n) is 3.48. The van der Waals surface area contributed by atoms with Gasteiger partial charge in [0, 0.05) is 16.8 Å². The van der Waals surface area contributed by atoms with Crippen LogP contribution in [0.1, 0.15) is 5.56 Å². The van der Waals surface area contributed by atoms with Gasteiger partial charge in [0.05, 0.1) is 11.8 Å². The second-order valence-electron chi connectivity index (χ2n) is 5.32. The number of nitrogens with two attached hydrogens (primary N) is 1. The van der Waals surface area contributed by atoms with Crippen molar-refractivity contribution in [2.75, 3.05) is 24.8 Å². The summed E-state index contributed by atoms with van der Waals surface area (Å²) >= 11 is 7.23. The molecule has 3 N–H and O–H groups in total. The van der Waals surface area contributed by atoms with Gasteiger partial charge in [0.25, 0.3) is 5.91 Å². The highest BCUT2D eigenvalue weighted by atomic mass is 35.5. The summed E-state index contributed by atoms with van der Waals surface area (Å²) in [5, 5.41) is 3.85. The van der Waals surface area contributed by atoms with Crippen LogP contribution in [0.15, 0.2) is 30.3 Å². The predicted octanol–water partition coefficient (Wildman–Crippen LogP) is 3.87. The van der Waals surface area contributed by atoms with Gasteiger partial charge >= 0.3 is 0 Å². The van der Waals surface area contributed by atoms with Crippen molar-refractivity contribution in [3.05, 3.63) is 40.9 Å². The Morgan fingerprint density at radius 2 is 2.12 bits per heavy atom. The van der Waals surface area contributed by atoms with Crippen LogP contribution in [0.25, 0.3) is 10.2 Å². The lowest BCUT2D eigenvalue weighted by Gasteiger charge is -2.11. The van der Waals surface area contributed by atoms with Crippen LogP contribution >= 0.6 is 22.9 Å². The second-order valence-corrected chi connectivity index (χ2v) is 6.82. The standard InChI is InChI=1S/C17H16ClN3O3S/c1-9-5-10(18)3-4-12(9)24-8-15(22)20-11-6-13(23-2)16-14(7-11)25-17(19)21-16/h3-7H,8H2,1-2H3,(H2,19,21)(H,20,22). The summed E-state index contributed by atoms with van der Waals surface area (Å²) < 4.78 is 11.7. The maximum atomic E-state index is 12.2. The number of rotatable bonds is 5. The molecule has 0 aliphatic heterocycles. The number of methoxy groups -OCH3 is 1. The second kappa shape index (κ2) is 7.16. The van der Waals surface area contributed by atoms with Crippen molar-refractivity contribution < 1.29 is 14.3 Å². The fourth-order valence-corrected chi connectivity index (χ4v) is 3.38. The van der Waals surface area contributed by atoms with Gasteiger partial charge in [-0.1, -0.05) is 22.9 Å². The van der Waals surface area contributed by atoms with Gasteiger partial charge in [0.2, 0.25) is 0 Å². The van der Waals surface area contributed by atoms with Crippen LogP contribution in [-0.4, -0.2) is 24.6 Å². The first kappa shape index (κ1) is 17.3. The van der Waals surface area contributed by atoms with Crippen LogP contribution in [0.3, 0.4) is 0 Å². The Balaban J connectivity index is 1.71. The van der Waals surface area contributed by atoms with E-state index in [4.69, 9.17) is 26.8 Å². The molecule has 1 amide bonds. The van der Waals surface area contributed by atoms with Crippen LogP contribution in [0.4, 0.5) is 10.8 Å². The summed E-state index contributed by atoms with van der Waals surface area (Å²) in [6.07, 6.45) is 0. The monoisotopic (exact) mass is 377 g/mol. The Bertz CT molecular complexity index is 942. The SMILES string of the molecule is COc1cc(NC(=O)COc2ccc(Cl)cc2C)cc2sc(N)nc12. The normalized spacial score (nSPS) is 10.7. The lowest BCUT2D eigenvalue weighted by atomic mass is 10.2. The van der Waals surface area contributed by atoms with E-state index in [-0.39, 0.29) is 12.5 Å². The van der Waals surface area contributed by atoms with E-state index >= 15 is 0 Å². The highest BCUT2D eigenvalue weighted by Crippen LogP contribution is 2.34. The molecule has 25 heavy (non-hydrogen) atoms. The van der Waals surface area contributed by atoms with Crippen LogP contribution in [-0.2, 0) is 4.79 Å². The van der Waals surface area contributed by atoms with Crippen LogP contribution in [0, 0.1) is 6.92 Å². The number of fused-ring (bicyclic) bond motifs is 1. The highest BCUT2D eigenvalue weighted by molar-refractivity contribution is 7.22. The number of ether oxygens (including phenoxy) is 2. The number of hydrogen-bond donors (Lipinski definition) is 2. The van der Waals surface area contributed by atoms with Crippen LogP contribution in [0.5, 0.6) is 11.5 Å². The molecule has 0 spiro atoms. The molecule has 8 heteroatoms. The number of nitrogens with zero attached hydrogens (tertiary/aromatic N) is 1. The van der Waals surface area contributed by atoms with E-state index in [1.807, 2.05) is 6.92 Å². The molecule has 0 saturated carbocycles. The number of aromatic nitrogens is 1. The summed E-state index contributed by atoms with van der Waals surface area (Å²) in [4.78, 5) is 16.4. The largest absolute Gasteiger partial charge is 0.494 e. The molecule has 0 atom stereocenters. The van der Waals surface area contributed by atoms with Crippen molar-refractivity contribution in [1.29, 1.82) is 0 Å². The van der Waals surface area contributed by atoms with Crippen LogP contribution < -0.4 is 20.5 Å². The Hall–Kier alpha value is -2.51. The zero-order chi connectivity index (χ0) is 18.0. The number of anilines is 2. The lowest BCUT2D eigenvalue weighted by Crippen LogP contribution is -2.20. The Morgan fingerprint density at radius 1 is 1.32 bits per heavy atom. The molecule has 6 nitrogen and oxygen atoms in total. The molecule has 1 aromatic heterocycles. The molecule has 3 rings (SSSR count). The topological polar surface area (TPSA) is 86.5 Å². The van der Waals surface area contributed by atoms with E-state index in [1.54, 1.807) is 37.4 Å². The van der Waals surface area contributed by atoms with E-state index in [1.165, 1.54) is 11.3 Å². The van der Waals surface area contributed by atoms with Gasteiger partial charge in [-0.3, -0.25) is 4.79 Å². The molecule has 0 radical (unpaired) electrons. The molecular formula is C17H16ClN3O3S. The van der Waals surface area contributed by atoms with Crippen LogP contribution in [0.2, 0.25) is 5.02 Å². The van der Waals surface area contributed by atoms with Gasteiger partial charge in [0.1, 0.15) is 17.0 Å². The smallest absolute Gasteiger partial charge is 0.262 e. The quantitative estimate of drug-likeness (QED) is 0.704. The zero-order valence-electron chi connectivity index (χ0n) is 13.6. The number of benzene rings is 2. The molecule has 0 fully saturated rings. The van der Waals surface area contributed by atoms with Crippen molar-refractivity contribution in [1.82, 2.24) is 4.98 Å². The number of halogens is 1. The number of amides is 1. The molecule has 0 unspecified atom stereocenters. The summed E-state index contributed by atoms with van der Waals surface area (Å²) in [5.41, 5.74) is 7.87. The Kier molecular flexibility index (Phi) is 4.96. The molecular weight excluding hydrogens is 362 g/mol. The summed E-state index contributed by atoms with van der Waals surface area (Å²) in [6, 6.07) is 8.74. The molecule has 0 bridgehead atoms. The minimum absolute atomic E-state index is 0.117. The minimum atomic E-state index is -0.284.